The predicted molar refractivity (Wildman–Crippen MR) is 59.9 cm³/mol. The maximum absolute atomic E-state index is 6.08. The molecular weight excluding hydrogens is 212 g/mol. The molecule has 1 aliphatic heterocycles. The summed E-state index contributed by atoms with van der Waals surface area (Å²) in [4.78, 5) is 3.95. The van der Waals surface area contributed by atoms with E-state index in [2.05, 4.69) is 4.98 Å². The van der Waals surface area contributed by atoms with Crippen LogP contribution in [0.15, 0.2) is 18.5 Å². The van der Waals surface area contributed by atoms with E-state index in [9.17, 15) is 0 Å². The fourth-order valence-corrected chi connectivity index (χ4v) is 2.09. The number of nitrogens with two attached hydrogens (primary N) is 1. The fraction of sp³-hybridized carbons (Fsp3) is 0.545. The third-order valence-corrected chi connectivity index (χ3v) is 3.09. The van der Waals surface area contributed by atoms with Gasteiger partial charge in [-0.2, -0.15) is 0 Å². The lowest BCUT2D eigenvalue weighted by Gasteiger charge is -2.18. The number of nitrogens with zero attached hydrogens (tertiary/aromatic N) is 1. The minimum atomic E-state index is 0.0346. The minimum Gasteiger partial charge on any atom is -0.377 e. The molecule has 0 aliphatic carbocycles. The molecule has 82 valence electrons. The first-order chi connectivity index (χ1) is 7.27. The second-order valence-corrected chi connectivity index (χ2v) is 4.29. The summed E-state index contributed by atoms with van der Waals surface area (Å²) in [5, 5.41) is 0.686. The van der Waals surface area contributed by atoms with Crippen molar-refractivity contribution >= 4 is 11.6 Å². The third-order valence-electron chi connectivity index (χ3n) is 2.75. The van der Waals surface area contributed by atoms with Crippen LogP contribution in [0.25, 0.3) is 0 Å². The molecule has 0 saturated carbocycles. The Bertz CT molecular complexity index is 326. The number of hydrogen-bond acceptors (Lipinski definition) is 3. The maximum Gasteiger partial charge on any atom is 0.0730 e. The Morgan fingerprint density at radius 2 is 2.53 bits per heavy atom. The number of pyridine rings is 1. The molecule has 0 spiro atoms. The standard InChI is InChI=1S/C11H15ClN2O/c12-9-7-14-4-3-8(9)6-10(13)11-2-1-5-15-11/h3-4,7,10-11H,1-2,5-6,13H2. The highest BCUT2D eigenvalue weighted by Gasteiger charge is 2.23. The van der Waals surface area contributed by atoms with Gasteiger partial charge in [-0.15, -0.1) is 0 Å². The maximum atomic E-state index is 6.08. The fourth-order valence-electron chi connectivity index (χ4n) is 1.90. The molecule has 15 heavy (non-hydrogen) atoms. The van der Waals surface area contributed by atoms with E-state index in [1.54, 1.807) is 12.4 Å². The lowest BCUT2D eigenvalue weighted by molar-refractivity contribution is 0.0900. The number of rotatable bonds is 3. The minimum absolute atomic E-state index is 0.0346. The van der Waals surface area contributed by atoms with Gasteiger partial charge in [-0.05, 0) is 30.9 Å². The van der Waals surface area contributed by atoms with Crippen molar-refractivity contribution in [2.24, 2.45) is 5.73 Å². The number of halogens is 1. The molecule has 4 heteroatoms. The average molecular weight is 227 g/mol. The smallest absolute Gasteiger partial charge is 0.0730 e. The molecule has 0 bridgehead atoms. The molecule has 0 amide bonds. The lowest BCUT2D eigenvalue weighted by Crippen LogP contribution is -2.36. The van der Waals surface area contributed by atoms with Gasteiger partial charge in [0.1, 0.15) is 0 Å². The Morgan fingerprint density at radius 1 is 1.67 bits per heavy atom. The molecule has 1 aromatic rings. The van der Waals surface area contributed by atoms with Crippen molar-refractivity contribution in [3.63, 3.8) is 0 Å². The summed E-state index contributed by atoms with van der Waals surface area (Å²) >= 11 is 6.02. The predicted octanol–water partition coefficient (Wildman–Crippen LogP) is 1.78. The zero-order valence-corrected chi connectivity index (χ0v) is 9.28. The van der Waals surface area contributed by atoms with Crippen molar-refractivity contribution in [2.75, 3.05) is 6.61 Å². The highest BCUT2D eigenvalue weighted by molar-refractivity contribution is 6.31. The van der Waals surface area contributed by atoms with E-state index in [0.29, 0.717) is 5.02 Å². The summed E-state index contributed by atoms with van der Waals surface area (Å²) in [6, 6.07) is 1.95. The van der Waals surface area contributed by atoms with Gasteiger partial charge in [-0.1, -0.05) is 11.6 Å². The molecule has 1 aromatic heterocycles. The summed E-state index contributed by atoms with van der Waals surface area (Å²) in [6.07, 6.45) is 6.51. The first kappa shape index (κ1) is 10.9. The van der Waals surface area contributed by atoms with Gasteiger partial charge >= 0.3 is 0 Å². The van der Waals surface area contributed by atoms with Crippen molar-refractivity contribution in [3.8, 4) is 0 Å². The van der Waals surface area contributed by atoms with E-state index in [0.717, 1.165) is 31.4 Å². The Morgan fingerprint density at radius 3 is 3.20 bits per heavy atom. The van der Waals surface area contributed by atoms with E-state index < -0.39 is 0 Å². The van der Waals surface area contributed by atoms with Gasteiger partial charge in [-0.3, -0.25) is 4.98 Å². The summed E-state index contributed by atoms with van der Waals surface area (Å²) in [5.41, 5.74) is 7.13. The monoisotopic (exact) mass is 226 g/mol. The summed E-state index contributed by atoms with van der Waals surface area (Å²) in [6.45, 7) is 0.836. The van der Waals surface area contributed by atoms with Crippen molar-refractivity contribution in [1.82, 2.24) is 4.98 Å². The molecule has 1 saturated heterocycles. The van der Waals surface area contributed by atoms with E-state index in [-0.39, 0.29) is 12.1 Å². The molecule has 1 aliphatic rings. The molecule has 2 rings (SSSR count). The SMILES string of the molecule is NC(Cc1ccncc1Cl)C1CCCO1. The highest BCUT2D eigenvalue weighted by atomic mass is 35.5. The van der Waals surface area contributed by atoms with Gasteiger partial charge in [0.05, 0.1) is 11.1 Å². The molecule has 2 heterocycles. The van der Waals surface area contributed by atoms with Crippen molar-refractivity contribution in [2.45, 2.75) is 31.4 Å². The van der Waals surface area contributed by atoms with E-state index in [1.807, 2.05) is 6.07 Å². The molecule has 3 nitrogen and oxygen atoms in total. The first-order valence-corrected chi connectivity index (χ1v) is 5.61. The van der Waals surface area contributed by atoms with Crippen molar-refractivity contribution < 1.29 is 4.74 Å². The van der Waals surface area contributed by atoms with Crippen LogP contribution >= 0.6 is 11.6 Å². The Hall–Kier alpha value is -0.640. The molecule has 2 atom stereocenters. The Balaban J connectivity index is 1.99. The van der Waals surface area contributed by atoms with Gasteiger partial charge in [0, 0.05) is 25.0 Å². The number of aromatic nitrogens is 1. The quantitative estimate of drug-likeness (QED) is 0.855. The topological polar surface area (TPSA) is 48.1 Å². The number of hydrogen-bond donors (Lipinski definition) is 1. The summed E-state index contributed by atoms with van der Waals surface area (Å²) < 4.78 is 5.54. The van der Waals surface area contributed by atoms with Crippen LogP contribution in [0.1, 0.15) is 18.4 Å². The van der Waals surface area contributed by atoms with Gasteiger partial charge in [0.15, 0.2) is 0 Å². The van der Waals surface area contributed by atoms with Gasteiger partial charge in [0.25, 0.3) is 0 Å². The first-order valence-electron chi connectivity index (χ1n) is 5.23. The highest BCUT2D eigenvalue weighted by Crippen LogP contribution is 2.20. The van der Waals surface area contributed by atoms with Crippen LogP contribution in [-0.4, -0.2) is 23.7 Å². The Kier molecular flexibility index (Phi) is 3.57. The third kappa shape index (κ3) is 2.68. The molecule has 2 unspecified atom stereocenters. The largest absolute Gasteiger partial charge is 0.377 e. The lowest BCUT2D eigenvalue weighted by atomic mass is 10.0. The number of ether oxygens (including phenoxy) is 1. The van der Waals surface area contributed by atoms with Crippen LogP contribution < -0.4 is 5.73 Å². The van der Waals surface area contributed by atoms with E-state index in [1.165, 1.54) is 0 Å². The zero-order valence-electron chi connectivity index (χ0n) is 8.53. The second-order valence-electron chi connectivity index (χ2n) is 3.89. The van der Waals surface area contributed by atoms with Gasteiger partial charge in [-0.25, -0.2) is 0 Å². The van der Waals surface area contributed by atoms with Crippen LogP contribution in [0.5, 0.6) is 0 Å². The molecule has 1 fully saturated rings. The average Bonchev–Trinajstić information content (AvgIpc) is 2.74. The normalized spacial score (nSPS) is 22.9. The van der Waals surface area contributed by atoms with Gasteiger partial charge < -0.3 is 10.5 Å². The Labute approximate surface area is 94.6 Å². The van der Waals surface area contributed by atoms with Crippen LogP contribution in [0, 0.1) is 0 Å². The van der Waals surface area contributed by atoms with Crippen molar-refractivity contribution in [1.29, 1.82) is 0 Å². The summed E-state index contributed by atoms with van der Waals surface area (Å²) in [7, 11) is 0. The van der Waals surface area contributed by atoms with Crippen molar-refractivity contribution in [3.05, 3.63) is 29.0 Å². The molecule has 2 N–H and O–H groups in total. The van der Waals surface area contributed by atoms with Crippen LogP contribution in [0.2, 0.25) is 5.02 Å². The second kappa shape index (κ2) is 4.92. The molecular formula is C11H15ClN2O. The van der Waals surface area contributed by atoms with Crippen LogP contribution in [0.4, 0.5) is 0 Å². The van der Waals surface area contributed by atoms with E-state index >= 15 is 0 Å². The zero-order chi connectivity index (χ0) is 10.7. The summed E-state index contributed by atoms with van der Waals surface area (Å²) in [5.74, 6) is 0. The molecule has 0 aromatic carbocycles. The molecule has 0 radical (unpaired) electrons. The van der Waals surface area contributed by atoms with Crippen LogP contribution in [0.3, 0.4) is 0 Å². The van der Waals surface area contributed by atoms with Gasteiger partial charge in [0.2, 0.25) is 0 Å². The van der Waals surface area contributed by atoms with E-state index in [4.69, 9.17) is 22.1 Å². The van der Waals surface area contributed by atoms with Crippen LogP contribution in [-0.2, 0) is 11.2 Å².